The minimum atomic E-state index is -0.279. The van der Waals surface area contributed by atoms with Gasteiger partial charge in [0.1, 0.15) is 0 Å². The third kappa shape index (κ3) is 3.51. The van der Waals surface area contributed by atoms with Gasteiger partial charge < -0.3 is 19.4 Å². The number of carbonyl (C=O) groups excluding carboxylic acids is 1. The Morgan fingerprint density at radius 2 is 2.03 bits per heavy atom. The first-order chi connectivity index (χ1) is 14.4. The second kappa shape index (κ2) is 8.26. The molecule has 0 saturated carbocycles. The highest BCUT2D eigenvalue weighted by Gasteiger charge is 2.46. The fourth-order valence-corrected chi connectivity index (χ4v) is 6.32. The zero-order chi connectivity index (χ0) is 21.6. The van der Waals surface area contributed by atoms with Crippen LogP contribution in [0.4, 0.5) is 16.2 Å². The van der Waals surface area contributed by atoms with Gasteiger partial charge in [-0.05, 0) is 44.9 Å². The zero-order valence-electron chi connectivity index (χ0n) is 18.1. The number of hydrogen-bond donors (Lipinski definition) is 1. The zero-order valence-corrected chi connectivity index (χ0v) is 18.9. The van der Waals surface area contributed by atoms with Crippen molar-refractivity contribution in [2.75, 3.05) is 43.8 Å². The number of urea groups is 1. The highest BCUT2D eigenvalue weighted by Crippen LogP contribution is 2.54. The maximum Gasteiger partial charge on any atom is 0.317 e. The van der Waals surface area contributed by atoms with Gasteiger partial charge in [0.15, 0.2) is 0 Å². The summed E-state index contributed by atoms with van der Waals surface area (Å²) in [7, 11) is 2.12. The molecule has 0 bridgehead atoms. The van der Waals surface area contributed by atoms with E-state index < -0.39 is 0 Å². The standard InChI is InChI=1S/C21H31N5O3S/c1-5-24(6-2)21(27)22-14-8-16-17-9-15(26(28)29)10-19-20(17)13(11-25(19)30-4)7-18(16)23(3)12-14/h9-10,13-14,16,18H,5-8,11-12H2,1-4H3,(H,22,27)/t13?,14-,16?,18+/m0/s1. The van der Waals surface area contributed by atoms with E-state index in [1.807, 2.05) is 20.1 Å². The number of fused-ring (bicyclic) bond motifs is 2. The highest BCUT2D eigenvalue weighted by atomic mass is 32.2. The van der Waals surface area contributed by atoms with Gasteiger partial charge in [-0.15, -0.1) is 0 Å². The fraction of sp³-hybridized carbons (Fsp3) is 0.667. The molecular formula is C21H31N5O3S. The van der Waals surface area contributed by atoms with Crippen LogP contribution in [0.3, 0.4) is 0 Å². The number of anilines is 1. The number of nitrogens with one attached hydrogen (secondary N) is 1. The first-order valence-electron chi connectivity index (χ1n) is 10.8. The van der Waals surface area contributed by atoms with Gasteiger partial charge in [-0.3, -0.25) is 10.1 Å². The largest absolute Gasteiger partial charge is 0.334 e. The molecule has 2 unspecified atom stereocenters. The lowest BCUT2D eigenvalue weighted by molar-refractivity contribution is -0.384. The first-order valence-corrected chi connectivity index (χ1v) is 12.0. The van der Waals surface area contributed by atoms with Crippen LogP contribution >= 0.6 is 11.9 Å². The van der Waals surface area contributed by atoms with Crippen molar-refractivity contribution in [3.63, 3.8) is 0 Å². The quantitative estimate of drug-likeness (QED) is 0.435. The van der Waals surface area contributed by atoms with Crippen LogP contribution in [0.25, 0.3) is 0 Å². The van der Waals surface area contributed by atoms with Crippen molar-refractivity contribution in [3.8, 4) is 0 Å². The Kier molecular flexibility index (Phi) is 5.85. The highest BCUT2D eigenvalue weighted by molar-refractivity contribution is 8.00. The van der Waals surface area contributed by atoms with E-state index in [1.54, 1.807) is 29.0 Å². The van der Waals surface area contributed by atoms with E-state index in [4.69, 9.17) is 0 Å². The number of nitro benzene ring substituents is 1. The van der Waals surface area contributed by atoms with Crippen LogP contribution in [0.5, 0.6) is 0 Å². The summed E-state index contributed by atoms with van der Waals surface area (Å²) in [5.74, 6) is 0.603. The number of hydrogen-bond acceptors (Lipinski definition) is 6. The average molecular weight is 434 g/mol. The number of piperidine rings is 1. The van der Waals surface area contributed by atoms with Crippen molar-refractivity contribution in [3.05, 3.63) is 33.4 Å². The van der Waals surface area contributed by atoms with Crippen LogP contribution < -0.4 is 9.62 Å². The summed E-state index contributed by atoms with van der Waals surface area (Å²) in [6.45, 7) is 7.05. The lowest BCUT2D eigenvalue weighted by Crippen LogP contribution is -2.56. The summed E-state index contributed by atoms with van der Waals surface area (Å²) in [5, 5.41) is 14.9. The molecule has 1 aromatic rings. The fourth-order valence-electron chi connectivity index (χ4n) is 5.64. The van der Waals surface area contributed by atoms with E-state index in [0.29, 0.717) is 25.0 Å². The van der Waals surface area contributed by atoms with Crippen molar-refractivity contribution in [1.29, 1.82) is 0 Å². The predicted molar refractivity (Wildman–Crippen MR) is 120 cm³/mol. The average Bonchev–Trinajstić information content (AvgIpc) is 3.08. The molecule has 4 rings (SSSR count). The number of non-ortho nitro benzene ring substituents is 1. The van der Waals surface area contributed by atoms with Gasteiger partial charge in [0.2, 0.25) is 0 Å². The molecule has 0 spiro atoms. The van der Waals surface area contributed by atoms with Crippen molar-refractivity contribution >= 4 is 29.4 Å². The Hall–Kier alpha value is -2.00. The van der Waals surface area contributed by atoms with Gasteiger partial charge in [0, 0.05) is 68.5 Å². The number of likely N-dealkylation sites (N-methyl/N-ethyl adjacent to an activating group) is 1. The van der Waals surface area contributed by atoms with E-state index in [2.05, 4.69) is 21.6 Å². The molecule has 0 radical (unpaired) electrons. The van der Waals surface area contributed by atoms with E-state index in [9.17, 15) is 14.9 Å². The third-order valence-corrected chi connectivity index (χ3v) is 7.84. The van der Waals surface area contributed by atoms with Gasteiger partial charge in [-0.1, -0.05) is 11.9 Å². The smallest absolute Gasteiger partial charge is 0.317 e. The van der Waals surface area contributed by atoms with Crippen LogP contribution in [-0.4, -0.2) is 72.3 Å². The number of amides is 2. The first kappa shape index (κ1) is 21.2. The lowest BCUT2D eigenvalue weighted by atomic mass is 9.69. The summed E-state index contributed by atoms with van der Waals surface area (Å²) >= 11 is 1.64. The summed E-state index contributed by atoms with van der Waals surface area (Å²) < 4.78 is 2.20. The Bertz CT molecular complexity index is 846. The van der Waals surface area contributed by atoms with Crippen LogP contribution in [-0.2, 0) is 0 Å². The Morgan fingerprint density at radius 1 is 1.30 bits per heavy atom. The minimum absolute atomic E-state index is 0.0247. The molecule has 1 N–H and O–H groups in total. The number of nitro groups is 1. The molecule has 1 aromatic carbocycles. The number of benzene rings is 1. The molecule has 4 atom stereocenters. The van der Waals surface area contributed by atoms with E-state index >= 15 is 0 Å². The van der Waals surface area contributed by atoms with Gasteiger partial charge in [-0.2, -0.15) is 0 Å². The molecule has 2 amide bonds. The molecule has 2 heterocycles. The number of nitrogens with zero attached hydrogens (tertiary/aromatic N) is 4. The molecule has 9 heteroatoms. The van der Waals surface area contributed by atoms with E-state index in [-0.39, 0.29) is 28.6 Å². The molecule has 164 valence electrons. The van der Waals surface area contributed by atoms with Crippen LogP contribution in [0.2, 0.25) is 0 Å². The molecule has 1 saturated heterocycles. The maximum absolute atomic E-state index is 12.6. The van der Waals surface area contributed by atoms with Crippen LogP contribution in [0.15, 0.2) is 12.1 Å². The summed E-state index contributed by atoms with van der Waals surface area (Å²) in [4.78, 5) is 28.1. The van der Waals surface area contributed by atoms with Crippen molar-refractivity contribution < 1.29 is 9.72 Å². The van der Waals surface area contributed by atoms with Crippen molar-refractivity contribution in [1.82, 2.24) is 15.1 Å². The molecule has 3 aliphatic rings. The van der Waals surface area contributed by atoms with Gasteiger partial charge in [0.25, 0.3) is 5.69 Å². The second-order valence-corrected chi connectivity index (χ2v) is 9.37. The normalized spacial score (nSPS) is 27.4. The van der Waals surface area contributed by atoms with Crippen LogP contribution in [0.1, 0.15) is 49.7 Å². The van der Waals surface area contributed by atoms with Crippen molar-refractivity contribution in [2.24, 2.45) is 0 Å². The summed E-state index contributed by atoms with van der Waals surface area (Å²) in [6.07, 6.45) is 3.91. The molecule has 30 heavy (non-hydrogen) atoms. The summed E-state index contributed by atoms with van der Waals surface area (Å²) in [5.41, 5.74) is 3.58. The molecule has 0 aromatic heterocycles. The molecule has 1 fully saturated rings. The molecule has 2 aliphatic heterocycles. The van der Waals surface area contributed by atoms with Gasteiger partial charge in [0.05, 0.1) is 10.6 Å². The maximum atomic E-state index is 12.6. The van der Waals surface area contributed by atoms with Crippen molar-refractivity contribution in [2.45, 2.75) is 50.6 Å². The third-order valence-electron chi connectivity index (χ3n) is 7.05. The van der Waals surface area contributed by atoms with Gasteiger partial charge in [-0.25, -0.2) is 4.79 Å². The van der Waals surface area contributed by atoms with Gasteiger partial charge >= 0.3 is 6.03 Å². The Balaban J connectivity index is 1.67. The molecule has 8 nitrogen and oxygen atoms in total. The molecular weight excluding hydrogens is 402 g/mol. The Labute approximate surface area is 182 Å². The van der Waals surface area contributed by atoms with E-state index in [1.165, 1.54) is 5.56 Å². The number of rotatable bonds is 5. The SMILES string of the molecule is CCN(CC)C(=O)N[C@H]1CC2c3cc([N+](=O)[O-])cc4c3C(C[C@H]2N(C)C1)CN4SC. The molecule has 1 aliphatic carbocycles. The minimum Gasteiger partial charge on any atom is -0.334 e. The monoisotopic (exact) mass is 433 g/mol. The van der Waals surface area contributed by atoms with E-state index in [0.717, 1.165) is 37.2 Å². The summed E-state index contributed by atoms with van der Waals surface area (Å²) in [6, 6.07) is 3.90. The lowest BCUT2D eigenvalue weighted by Gasteiger charge is -2.47. The number of likely N-dealkylation sites (tertiary alicyclic amines) is 1. The van der Waals surface area contributed by atoms with Crippen LogP contribution in [0, 0.1) is 10.1 Å². The number of carbonyl (C=O) groups is 1. The predicted octanol–water partition coefficient (Wildman–Crippen LogP) is 3.39. The topological polar surface area (TPSA) is 82.0 Å². The second-order valence-electron chi connectivity index (χ2n) is 8.57. The Morgan fingerprint density at radius 3 is 2.67 bits per heavy atom.